The maximum Gasteiger partial charge on any atom is 0.248 e. The van der Waals surface area contributed by atoms with Gasteiger partial charge in [-0.1, -0.05) is 5.16 Å². The number of hydrogen-bond donors (Lipinski definition) is 0. The number of likely N-dealkylation sites (N-methyl/N-ethyl adjacent to an activating group) is 1. The Bertz CT molecular complexity index is 717. The number of hydrogen-bond acceptors (Lipinski definition) is 6. The number of carbonyl (C=O) groups excluding carboxylic acids is 1. The summed E-state index contributed by atoms with van der Waals surface area (Å²) in [4.78, 5) is 15.7. The molecule has 0 N–H and O–H groups in total. The van der Waals surface area contributed by atoms with Crippen molar-refractivity contribution in [2.75, 3.05) is 27.2 Å². The van der Waals surface area contributed by atoms with Gasteiger partial charge in [0.25, 0.3) is 0 Å². The lowest BCUT2D eigenvalue weighted by Gasteiger charge is -2.24. The van der Waals surface area contributed by atoms with Crippen molar-refractivity contribution in [1.29, 1.82) is 0 Å². The van der Waals surface area contributed by atoms with E-state index in [1.54, 1.807) is 20.3 Å². The molecule has 0 saturated heterocycles. The Morgan fingerprint density at radius 2 is 2.20 bits per heavy atom. The Hall–Kier alpha value is -2.19. The van der Waals surface area contributed by atoms with Crippen LogP contribution in [0.5, 0.6) is 0 Å². The van der Waals surface area contributed by atoms with Gasteiger partial charge in [0.2, 0.25) is 5.91 Å². The van der Waals surface area contributed by atoms with Crippen LogP contribution in [-0.4, -0.2) is 64.0 Å². The molecule has 0 saturated carbocycles. The molecule has 8 heteroatoms. The van der Waals surface area contributed by atoms with Crippen LogP contribution in [0.2, 0.25) is 0 Å². The van der Waals surface area contributed by atoms with Crippen LogP contribution in [-0.2, 0) is 29.2 Å². The number of aryl methyl sites for hydroxylation is 2. The van der Waals surface area contributed by atoms with Crippen molar-refractivity contribution in [3.8, 4) is 0 Å². The normalized spacial score (nSPS) is 18.0. The first kappa shape index (κ1) is 17.6. The van der Waals surface area contributed by atoms with E-state index in [2.05, 4.69) is 15.2 Å². The largest absolute Gasteiger partial charge is 0.365 e. The molecular weight excluding hydrogens is 322 g/mol. The lowest BCUT2D eigenvalue weighted by Crippen LogP contribution is -2.36. The molecule has 3 heterocycles. The summed E-state index contributed by atoms with van der Waals surface area (Å²) in [6.45, 7) is 6.82. The summed E-state index contributed by atoms with van der Waals surface area (Å²) in [7, 11) is 3.46. The van der Waals surface area contributed by atoms with Crippen LogP contribution in [0.1, 0.15) is 22.7 Å². The molecule has 0 bridgehead atoms. The molecule has 0 aliphatic carbocycles. The highest BCUT2D eigenvalue weighted by atomic mass is 16.5. The summed E-state index contributed by atoms with van der Waals surface area (Å²) in [5, 5.41) is 8.42. The quantitative estimate of drug-likeness (QED) is 0.802. The second kappa shape index (κ2) is 7.37. The van der Waals surface area contributed by atoms with Gasteiger partial charge in [-0.05, 0) is 19.9 Å². The van der Waals surface area contributed by atoms with Crippen molar-refractivity contribution < 1.29 is 14.1 Å². The van der Waals surface area contributed by atoms with Gasteiger partial charge in [0.1, 0.15) is 12.4 Å². The van der Waals surface area contributed by atoms with E-state index in [-0.39, 0.29) is 18.6 Å². The Morgan fingerprint density at radius 3 is 2.88 bits per heavy atom. The van der Waals surface area contributed by atoms with Crippen LogP contribution in [0.4, 0.5) is 0 Å². The van der Waals surface area contributed by atoms with E-state index in [1.165, 1.54) is 4.90 Å². The zero-order valence-corrected chi connectivity index (χ0v) is 15.2. The third kappa shape index (κ3) is 4.08. The van der Waals surface area contributed by atoms with E-state index in [4.69, 9.17) is 9.26 Å². The van der Waals surface area contributed by atoms with Crippen molar-refractivity contribution in [2.45, 2.75) is 39.6 Å². The molecular formula is C17H25N5O3. The molecule has 0 fully saturated rings. The van der Waals surface area contributed by atoms with Gasteiger partial charge >= 0.3 is 0 Å². The van der Waals surface area contributed by atoms with Crippen LogP contribution >= 0.6 is 0 Å². The summed E-state index contributed by atoms with van der Waals surface area (Å²) in [5.41, 5.74) is 3.16. The van der Waals surface area contributed by atoms with Crippen molar-refractivity contribution in [3.63, 3.8) is 0 Å². The first-order chi connectivity index (χ1) is 11.9. The highest BCUT2D eigenvalue weighted by Gasteiger charge is 2.25. The smallest absolute Gasteiger partial charge is 0.248 e. The van der Waals surface area contributed by atoms with E-state index >= 15 is 0 Å². The summed E-state index contributed by atoms with van der Waals surface area (Å²) in [5.74, 6) is 0.803. The van der Waals surface area contributed by atoms with Crippen molar-refractivity contribution in [3.05, 3.63) is 35.0 Å². The third-order valence-corrected chi connectivity index (χ3v) is 4.53. The molecule has 0 radical (unpaired) electrons. The van der Waals surface area contributed by atoms with Crippen LogP contribution < -0.4 is 0 Å². The van der Waals surface area contributed by atoms with Crippen LogP contribution in [0, 0.1) is 13.8 Å². The molecule has 136 valence electrons. The average molecular weight is 347 g/mol. The predicted octanol–water partition coefficient (Wildman–Crippen LogP) is 0.977. The molecule has 2 aromatic heterocycles. The molecule has 0 aromatic carbocycles. The SMILES string of the molecule is Cc1noc(C)c1CN1Cc2ccnn2CC(OCC(=O)N(C)C)C1. The Balaban J connectivity index is 1.73. The van der Waals surface area contributed by atoms with Crippen LogP contribution in [0.15, 0.2) is 16.8 Å². The number of ether oxygens (including phenoxy) is 1. The molecule has 3 rings (SSSR count). The molecule has 8 nitrogen and oxygen atoms in total. The second-order valence-electron chi connectivity index (χ2n) is 6.70. The topological polar surface area (TPSA) is 76.6 Å². The van der Waals surface area contributed by atoms with E-state index in [9.17, 15) is 4.79 Å². The number of carbonyl (C=O) groups is 1. The maximum absolute atomic E-state index is 11.8. The van der Waals surface area contributed by atoms with E-state index in [0.29, 0.717) is 13.1 Å². The summed E-state index contributed by atoms with van der Waals surface area (Å²) in [6, 6.07) is 2.02. The van der Waals surface area contributed by atoms with E-state index in [0.717, 1.165) is 35.8 Å². The number of amides is 1. The van der Waals surface area contributed by atoms with Gasteiger partial charge in [-0.15, -0.1) is 0 Å². The molecule has 1 aliphatic rings. The first-order valence-corrected chi connectivity index (χ1v) is 8.40. The molecule has 1 atom stereocenters. The fourth-order valence-corrected chi connectivity index (χ4v) is 2.99. The van der Waals surface area contributed by atoms with Crippen molar-refractivity contribution in [1.82, 2.24) is 24.7 Å². The Morgan fingerprint density at radius 1 is 1.40 bits per heavy atom. The second-order valence-corrected chi connectivity index (χ2v) is 6.70. The lowest BCUT2D eigenvalue weighted by molar-refractivity contribution is -0.136. The van der Waals surface area contributed by atoms with E-state index in [1.807, 2.05) is 24.6 Å². The minimum atomic E-state index is -0.106. The van der Waals surface area contributed by atoms with Gasteiger partial charge in [-0.25, -0.2) is 0 Å². The minimum Gasteiger partial charge on any atom is -0.365 e. The molecule has 0 spiro atoms. The fraction of sp³-hybridized carbons (Fsp3) is 0.588. The van der Waals surface area contributed by atoms with Crippen LogP contribution in [0.3, 0.4) is 0 Å². The van der Waals surface area contributed by atoms with E-state index < -0.39 is 0 Å². The summed E-state index contributed by atoms with van der Waals surface area (Å²) < 4.78 is 13.1. The Kier molecular flexibility index (Phi) is 5.19. The highest BCUT2D eigenvalue weighted by molar-refractivity contribution is 5.76. The van der Waals surface area contributed by atoms with Crippen molar-refractivity contribution in [2.24, 2.45) is 0 Å². The maximum atomic E-state index is 11.8. The highest BCUT2D eigenvalue weighted by Crippen LogP contribution is 2.20. The monoisotopic (exact) mass is 347 g/mol. The van der Waals surface area contributed by atoms with Gasteiger partial charge in [0.05, 0.1) is 24.0 Å². The standard InChI is InChI=1S/C17H25N5O3/c1-12-16(13(2)25-19-12)10-21-7-14-5-6-18-22(14)9-15(8-21)24-11-17(23)20(3)4/h5-6,15H,7-11H2,1-4H3. The molecule has 2 aromatic rings. The zero-order valence-electron chi connectivity index (χ0n) is 15.2. The predicted molar refractivity (Wildman–Crippen MR) is 90.8 cm³/mol. The summed E-state index contributed by atoms with van der Waals surface area (Å²) in [6.07, 6.45) is 1.70. The van der Waals surface area contributed by atoms with Gasteiger partial charge in [-0.3, -0.25) is 14.4 Å². The third-order valence-electron chi connectivity index (χ3n) is 4.53. The number of nitrogens with zero attached hydrogens (tertiary/aromatic N) is 5. The van der Waals surface area contributed by atoms with Gasteiger partial charge in [-0.2, -0.15) is 5.10 Å². The molecule has 1 aliphatic heterocycles. The van der Waals surface area contributed by atoms with Crippen molar-refractivity contribution >= 4 is 5.91 Å². The molecule has 1 unspecified atom stereocenters. The molecule has 1 amide bonds. The average Bonchev–Trinajstić information content (AvgIpc) is 3.08. The van der Waals surface area contributed by atoms with Gasteiger partial charge in [0, 0.05) is 45.5 Å². The fourth-order valence-electron chi connectivity index (χ4n) is 2.99. The lowest BCUT2D eigenvalue weighted by atomic mass is 10.2. The van der Waals surface area contributed by atoms with Crippen LogP contribution in [0.25, 0.3) is 0 Å². The Labute approximate surface area is 147 Å². The summed E-state index contributed by atoms with van der Waals surface area (Å²) >= 11 is 0. The van der Waals surface area contributed by atoms with Gasteiger partial charge < -0.3 is 14.2 Å². The number of rotatable bonds is 5. The number of aromatic nitrogens is 3. The molecule has 25 heavy (non-hydrogen) atoms. The first-order valence-electron chi connectivity index (χ1n) is 8.40. The van der Waals surface area contributed by atoms with Gasteiger partial charge in [0.15, 0.2) is 0 Å². The number of fused-ring (bicyclic) bond motifs is 1. The zero-order chi connectivity index (χ0) is 18.0. The minimum absolute atomic E-state index is 0.0396.